The van der Waals surface area contributed by atoms with E-state index in [-0.39, 0.29) is 0 Å². The van der Waals surface area contributed by atoms with Gasteiger partial charge in [0.2, 0.25) is 0 Å². The molecule has 1 N–H and O–H groups in total. The van der Waals surface area contributed by atoms with E-state index in [9.17, 15) is 0 Å². The lowest BCUT2D eigenvalue weighted by molar-refractivity contribution is 0.990. The topological polar surface area (TPSA) is 41.6 Å². The summed E-state index contributed by atoms with van der Waals surface area (Å²) >= 11 is 0. The van der Waals surface area contributed by atoms with Gasteiger partial charge in [-0.1, -0.05) is 6.92 Å². The van der Waals surface area contributed by atoms with E-state index >= 15 is 0 Å². The minimum absolute atomic E-state index is 0.936. The van der Waals surface area contributed by atoms with Gasteiger partial charge in [0.1, 0.15) is 5.82 Å². The van der Waals surface area contributed by atoms with Crippen LogP contribution in [0.5, 0.6) is 0 Å². The molecule has 0 saturated heterocycles. The van der Waals surface area contributed by atoms with Crippen molar-refractivity contribution in [3.8, 4) is 11.3 Å². The zero-order valence-electron chi connectivity index (χ0n) is 7.49. The summed E-state index contributed by atoms with van der Waals surface area (Å²) in [5, 5.41) is 0. The number of nitrogens with one attached hydrogen (secondary N) is 1. The lowest BCUT2D eigenvalue weighted by Gasteiger charge is -1.94. The average molecular weight is 173 g/mol. The van der Waals surface area contributed by atoms with E-state index < -0.39 is 0 Å². The number of aryl methyl sites for hydroxylation is 1. The Labute approximate surface area is 76.9 Å². The number of hydrogen-bond acceptors (Lipinski definition) is 2. The molecule has 0 aromatic carbocycles. The number of rotatable bonds is 2. The summed E-state index contributed by atoms with van der Waals surface area (Å²) in [4.78, 5) is 11.4. The first-order valence-corrected chi connectivity index (χ1v) is 4.34. The summed E-state index contributed by atoms with van der Waals surface area (Å²) < 4.78 is 0. The number of nitrogens with zero attached hydrogens (tertiary/aromatic N) is 2. The molecule has 0 bridgehead atoms. The normalized spacial score (nSPS) is 10.2. The smallest absolute Gasteiger partial charge is 0.106 e. The van der Waals surface area contributed by atoms with E-state index in [1.807, 2.05) is 18.3 Å². The molecule has 0 fully saturated rings. The fourth-order valence-electron chi connectivity index (χ4n) is 1.22. The van der Waals surface area contributed by atoms with Gasteiger partial charge >= 0.3 is 0 Å². The van der Waals surface area contributed by atoms with Crippen LogP contribution in [0.4, 0.5) is 0 Å². The van der Waals surface area contributed by atoms with Crippen molar-refractivity contribution in [1.29, 1.82) is 0 Å². The fraction of sp³-hybridized carbons (Fsp3) is 0.200. The zero-order chi connectivity index (χ0) is 9.10. The maximum Gasteiger partial charge on any atom is 0.106 e. The summed E-state index contributed by atoms with van der Waals surface area (Å²) in [6.07, 6.45) is 6.35. The molecule has 2 aromatic rings. The van der Waals surface area contributed by atoms with Gasteiger partial charge in [0, 0.05) is 24.4 Å². The van der Waals surface area contributed by atoms with Gasteiger partial charge in [0.25, 0.3) is 0 Å². The number of H-pyrrole nitrogens is 1. The Kier molecular flexibility index (Phi) is 2.08. The molecule has 2 heterocycles. The first kappa shape index (κ1) is 7.98. The van der Waals surface area contributed by atoms with Crippen LogP contribution >= 0.6 is 0 Å². The van der Waals surface area contributed by atoms with E-state index in [4.69, 9.17) is 0 Å². The Morgan fingerprint density at radius 2 is 2.08 bits per heavy atom. The second kappa shape index (κ2) is 3.39. The second-order valence-corrected chi connectivity index (χ2v) is 2.83. The van der Waals surface area contributed by atoms with Gasteiger partial charge < -0.3 is 4.98 Å². The molecule has 3 nitrogen and oxygen atoms in total. The van der Waals surface area contributed by atoms with Gasteiger partial charge in [-0.25, -0.2) is 4.98 Å². The van der Waals surface area contributed by atoms with Crippen LogP contribution in [-0.2, 0) is 6.42 Å². The molecule has 66 valence electrons. The van der Waals surface area contributed by atoms with E-state index in [0.29, 0.717) is 0 Å². The quantitative estimate of drug-likeness (QED) is 0.755. The monoisotopic (exact) mass is 173 g/mol. The highest BCUT2D eigenvalue weighted by molar-refractivity contribution is 5.57. The standard InChI is InChI=1S/C10H11N3/c1-2-10-12-7-9(13-10)8-3-5-11-6-4-8/h3-7H,2H2,1H3,(H,12,13). The third-order valence-corrected chi connectivity index (χ3v) is 1.95. The molecule has 0 amide bonds. The molecule has 0 unspecified atom stereocenters. The largest absolute Gasteiger partial charge is 0.342 e. The SMILES string of the molecule is CCc1ncc(-c2ccncc2)[nH]1. The third-order valence-electron chi connectivity index (χ3n) is 1.95. The second-order valence-electron chi connectivity index (χ2n) is 2.83. The lowest BCUT2D eigenvalue weighted by Crippen LogP contribution is -1.82. The summed E-state index contributed by atoms with van der Waals surface area (Å²) in [6.45, 7) is 2.08. The summed E-state index contributed by atoms with van der Waals surface area (Å²) in [7, 11) is 0. The minimum Gasteiger partial charge on any atom is -0.342 e. The highest BCUT2D eigenvalue weighted by Gasteiger charge is 1.99. The Morgan fingerprint density at radius 3 is 2.69 bits per heavy atom. The highest BCUT2D eigenvalue weighted by Crippen LogP contribution is 2.15. The molecule has 0 spiro atoms. The molecule has 2 rings (SSSR count). The number of aromatic amines is 1. The Bertz CT molecular complexity index is 378. The number of imidazole rings is 1. The van der Waals surface area contributed by atoms with Gasteiger partial charge in [-0.3, -0.25) is 4.98 Å². The van der Waals surface area contributed by atoms with Crippen molar-refractivity contribution in [3.63, 3.8) is 0 Å². The van der Waals surface area contributed by atoms with Crippen LogP contribution in [0.3, 0.4) is 0 Å². The van der Waals surface area contributed by atoms with Crippen molar-refractivity contribution in [2.45, 2.75) is 13.3 Å². The maximum atomic E-state index is 4.24. The molecule has 13 heavy (non-hydrogen) atoms. The Morgan fingerprint density at radius 1 is 1.31 bits per heavy atom. The van der Waals surface area contributed by atoms with E-state index in [1.54, 1.807) is 12.4 Å². The molecule has 0 saturated carbocycles. The lowest BCUT2D eigenvalue weighted by atomic mass is 10.2. The van der Waals surface area contributed by atoms with Crippen molar-refractivity contribution in [2.75, 3.05) is 0 Å². The molecule has 0 atom stereocenters. The molecule has 0 aliphatic carbocycles. The summed E-state index contributed by atoms with van der Waals surface area (Å²) in [5.41, 5.74) is 2.18. The van der Waals surface area contributed by atoms with Crippen molar-refractivity contribution in [3.05, 3.63) is 36.5 Å². The van der Waals surface area contributed by atoms with Crippen LogP contribution in [0.1, 0.15) is 12.7 Å². The zero-order valence-corrected chi connectivity index (χ0v) is 7.49. The van der Waals surface area contributed by atoms with Crippen LogP contribution in [0, 0.1) is 0 Å². The van der Waals surface area contributed by atoms with Crippen molar-refractivity contribution in [2.24, 2.45) is 0 Å². The Hall–Kier alpha value is -1.64. The predicted octanol–water partition coefficient (Wildman–Crippen LogP) is 2.03. The number of aromatic nitrogens is 3. The Balaban J connectivity index is 2.36. The van der Waals surface area contributed by atoms with E-state index in [0.717, 1.165) is 23.5 Å². The van der Waals surface area contributed by atoms with Crippen molar-refractivity contribution in [1.82, 2.24) is 15.0 Å². The molecule has 0 radical (unpaired) electrons. The van der Waals surface area contributed by atoms with E-state index in [1.165, 1.54) is 0 Å². The van der Waals surface area contributed by atoms with Crippen LogP contribution in [0.25, 0.3) is 11.3 Å². The van der Waals surface area contributed by atoms with Crippen molar-refractivity contribution < 1.29 is 0 Å². The molecular weight excluding hydrogens is 162 g/mol. The van der Waals surface area contributed by atoms with Gasteiger partial charge in [-0.2, -0.15) is 0 Å². The number of hydrogen-bond donors (Lipinski definition) is 1. The fourth-order valence-corrected chi connectivity index (χ4v) is 1.22. The van der Waals surface area contributed by atoms with Crippen LogP contribution in [0.15, 0.2) is 30.7 Å². The van der Waals surface area contributed by atoms with Gasteiger partial charge in [0.15, 0.2) is 0 Å². The number of pyridine rings is 1. The molecule has 0 aliphatic rings. The van der Waals surface area contributed by atoms with Gasteiger partial charge in [-0.05, 0) is 12.1 Å². The first-order valence-electron chi connectivity index (χ1n) is 4.34. The first-order chi connectivity index (χ1) is 6.40. The molecular formula is C10H11N3. The summed E-state index contributed by atoms with van der Waals surface area (Å²) in [5.74, 6) is 1.02. The van der Waals surface area contributed by atoms with Gasteiger partial charge in [-0.15, -0.1) is 0 Å². The van der Waals surface area contributed by atoms with E-state index in [2.05, 4.69) is 21.9 Å². The summed E-state index contributed by atoms with van der Waals surface area (Å²) in [6, 6.07) is 3.93. The van der Waals surface area contributed by atoms with Crippen LogP contribution in [0.2, 0.25) is 0 Å². The minimum atomic E-state index is 0.936. The van der Waals surface area contributed by atoms with Crippen molar-refractivity contribution >= 4 is 0 Å². The van der Waals surface area contributed by atoms with Crippen LogP contribution < -0.4 is 0 Å². The molecule has 0 aliphatic heterocycles. The van der Waals surface area contributed by atoms with Crippen LogP contribution in [-0.4, -0.2) is 15.0 Å². The highest BCUT2D eigenvalue weighted by atomic mass is 14.9. The molecule has 3 heteroatoms. The third kappa shape index (κ3) is 1.59. The average Bonchev–Trinajstić information content (AvgIpc) is 2.67. The molecule has 2 aromatic heterocycles. The van der Waals surface area contributed by atoms with Gasteiger partial charge in [0.05, 0.1) is 11.9 Å². The predicted molar refractivity (Wildman–Crippen MR) is 51.2 cm³/mol. The maximum absolute atomic E-state index is 4.24.